The predicted octanol–water partition coefficient (Wildman–Crippen LogP) is 0.377. The van der Waals surface area contributed by atoms with E-state index >= 15 is 0 Å². The van der Waals surface area contributed by atoms with Crippen LogP contribution in [0.2, 0.25) is 0 Å². The van der Waals surface area contributed by atoms with Crippen molar-refractivity contribution in [1.29, 1.82) is 0 Å². The van der Waals surface area contributed by atoms with Crippen LogP contribution in [0.25, 0.3) is 0 Å². The first-order chi connectivity index (χ1) is 9.77. The van der Waals surface area contributed by atoms with Crippen molar-refractivity contribution in [2.45, 2.75) is 13.8 Å². The summed E-state index contributed by atoms with van der Waals surface area (Å²) in [7, 11) is 0. The third kappa shape index (κ3) is 4.58. The Balaban J connectivity index is 2.95. The molecule has 1 aromatic carbocycles. The normalized spacial score (nSPS) is 10.5. The molecule has 5 nitrogen and oxygen atoms in total. The van der Waals surface area contributed by atoms with Gasteiger partial charge in [0.15, 0.2) is 0 Å². The second kappa shape index (κ2) is 6.86. The van der Waals surface area contributed by atoms with Crippen LogP contribution in [-0.2, 0) is 4.79 Å². The van der Waals surface area contributed by atoms with Gasteiger partial charge in [-0.05, 0) is 32.0 Å². The zero-order valence-electron chi connectivity index (χ0n) is 12.0. The Morgan fingerprint density at radius 3 is 2.62 bits per heavy atom. The number of rotatable bonds is 4. The maximum atomic E-state index is 13.2. The SMILES string of the molecule is CC(C)(CNC(=O)c1ccc(F)cc1C#CCN)C(N)=O. The summed E-state index contributed by atoms with van der Waals surface area (Å²) in [6.45, 7) is 3.42. The molecule has 0 aliphatic carbocycles. The minimum Gasteiger partial charge on any atom is -0.369 e. The van der Waals surface area contributed by atoms with Crippen molar-refractivity contribution in [3.63, 3.8) is 0 Å². The van der Waals surface area contributed by atoms with Crippen LogP contribution < -0.4 is 16.8 Å². The van der Waals surface area contributed by atoms with Gasteiger partial charge in [-0.25, -0.2) is 4.39 Å². The molecule has 21 heavy (non-hydrogen) atoms. The van der Waals surface area contributed by atoms with Gasteiger partial charge in [-0.15, -0.1) is 0 Å². The molecule has 0 aliphatic heterocycles. The molecule has 0 aromatic heterocycles. The summed E-state index contributed by atoms with van der Waals surface area (Å²) in [5.74, 6) is 3.75. The summed E-state index contributed by atoms with van der Waals surface area (Å²) >= 11 is 0. The lowest BCUT2D eigenvalue weighted by Gasteiger charge is -2.20. The molecule has 2 amide bonds. The number of amides is 2. The molecular weight excluding hydrogens is 273 g/mol. The number of primary amides is 1. The van der Waals surface area contributed by atoms with Crippen LogP contribution in [0.4, 0.5) is 4.39 Å². The Morgan fingerprint density at radius 1 is 1.38 bits per heavy atom. The van der Waals surface area contributed by atoms with E-state index in [4.69, 9.17) is 11.5 Å². The Hall–Kier alpha value is -2.39. The fourth-order valence-electron chi connectivity index (χ4n) is 1.45. The van der Waals surface area contributed by atoms with Crippen molar-refractivity contribution in [3.05, 3.63) is 35.1 Å². The van der Waals surface area contributed by atoms with Gasteiger partial charge >= 0.3 is 0 Å². The zero-order valence-corrected chi connectivity index (χ0v) is 12.0. The molecule has 0 heterocycles. The van der Waals surface area contributed by atoms with Crippen LogP contribution in [0.1, 0.15) is 29.8 Å². The number of nitrogens with two attached hydrogens (primary N) is 2. The lowest BCUT2D eigenvalue weighted by atomic mass is 9.92. The van der Waals surface area contributed by atoms with Gasteiger partial charge in [-0.3, -0.25) is 9.59 Å². The van der Waals surface area contributed by atoms with Crippen molar-refractivity contribution in [3.8, 4) is 11.8 Å². The third-order valence-corrected chi connectivity index (χ3v) is 2.91. The third-order valence-electron chi connectivity index (χ3n) is 2.91. The van der Waals surface area contributed by atoms with E-state index in [1.165, 1.54) is 12.1 Å². The van der Waals surface area contributed by atoms with Crippen molar-refractivity contribution in [2.24, 2.45) is 16.9 Å². The Labute approximate surface area is 122 Å². The van der Waals surface area contributed by atoms with Gasteiger partial charge in [0.2, 0.25) is 5.91 Å². The first-order valence-corrected chi connectivity index (χ1v) is 6.34. The van der Waals surface area contributed by atoms with E-state index in [1.54, 1.807) is 13.8 Å². The highest BCUT2D eigenvalue weighted by Crippen LogP contribution is 2.14. The molecule has 6 heteroatoms. The standard InChI is InChI=1S/C15H18FN3O2/c1-15(2,14(18)21)9-19-13(20)12-6-5-11(16)8-10(12)4-3-7-17/h5-6,8H,7,9,17H2,1-2H3,(H2,18,21)(H,19,20). The maximum absolute atomic E-state index is 13.2. The molecule has 0 fully saturated rings. The van der Waals surface area contributed by atoms with Crippen LogP contribution in [0, 0.1) is 23.1 Å². The fourth-order valence-corrected chi connectivity index (χ4v) is 1.45. The molecule has 0 atom stereocenters. The number of hydrogen-bond donors (Lipinski definition) is 3. The van der Waals surface area contributed by atoms with Crippen molar-refractivity contribution < 1.29 is 14.0 Å². The molecule has 5 N–H and O–H groups in total. The molecule has 1 aromatic rings. The Morgan fingerprint density at radius 2 is 2.05 bits per heavy atom. The molecule has 0 radical (unpaired) electrons. The number of nitrogens with one attached hydrogen (secondary N) is 1. The van der Waals surface area contributed by atoms with E-state index in [2.05, 4.69) is 17.2 Å². The van der Waals surface area contributed by atoms with E-state index < -0.39 is 23.0 Å². The summed E-state index contributed by atoms with van der Waals surface area (Å²) in [5, 5.41) is 2.60. The minimum absolute atomic E-state index is 0.0717. The van der Waals surface area contributed by atoms with Crippen molar-refractivity contribution in [1.82, 2.24) is 5.32 Å². The molecule has 1 rings (SSSR count). The van der Waals surface area contributed by atoms with Gasteiger partial charge in [0.1, 0.15) is 5.82 Å². The molecule has 0 spiro atoms. The van der Waals surface area contributed by atoms with Crippen LogP contribution in [0.15, 0.2) is 18.2 Å². The number of carbonyl (C=O) groups is 2. The van der Waals surface area contributed by atoms with Gasteiger partial charge in [-0.1, -0.05) is 11.8 Å². The minimum atomic E-state index is -0.876. The summed E-state index contributed by atoms with van der Waals surface area (Å²) in [5.41, 5.74) is 10.1. The Bertz CT molecular complexity index is 615. The fraction of sp³-hybridized carbons (Fsp3) is 0.333. The van der Waals surface area contributed by atoms with Gasteiger partial charge < -0.3 is 16.8 Å². The summed E-state index contributed by atoms with van der Waals surface area (Å²) in [6.07, 6.45) is 0. The number of hydrogen-bond acceptors (Lipinski definition) is 3. The monoisotopic (exact) mass is 291 g/mol. The smallest absolute Gasteiger partial charge is 0.252 e. The highest BCUT2D eigenvalue weighted by atomic mass is 19.1. The van der Waals surface area contributed by atoms with E-state index in [9.17, 15) is 14.0 Å². The van der Waals surface area contributed by atoms with Crippen molar-refractivity contribution in [2.75, 3.05) is 13.1 Å². The lowest BCUT2D eigenvalue weighted by molar-refractivity contribution is -0.125. The van der Waals surface area contributed by atoms with Crippen LogP contribution in [0.5, 0.6) is 0 Å². The molecule has 0 bridgehead atoms. The van der Waals surface area contributed by atoms with Crippen LogP contribution >= 0.6 is 0 Å². The summed E-state index contributed by atoms with van der Waals surface area (Å²) in [4.78, 5) is 23.3. The van der Waals surface area contributed by atoms with Gasteiger partial charge in [0, 0.05) is 12.1 Å². The molecule has 0 saturated heterocycles. The average Bonchev–Trinajstić information content (AvgIpc) is 2.42. The highest BCUT2D eigenvalue weighted by Gasteiger charge is 2.26. The summed E-state index contributed by atoms with van der Waals surface area (Å²) in [6, 6.07) is 3.67. The molecule has 0 saturated carbocycles. The second-order valence-corrected chi connectivity index (χ2v) is 5.13. The molecule has 0 aliphatic rings. The topological polar surface area (TPSA) is 98.2 Å². The number of halogens is 1. The number of benzene rings is 1. The van der Waals surface area contributed by atoms with Crippen molar-refractivity contribution >= 4 is 11.8 Å². The first kappa shape index (κ1) is 16.7. The zero-order chi connectivity index (χ0) is 16.0. The van der Waals surface area contributed by atoms with Crippen LogP contribution in [0.3, 0.4) is 0 Å². The average molecular weight is 291 g/mol. The molecule has 0 unspecified atom stereocenters. The molecule has 112 valence electrons. The molecular formula is C15H18FN3O2. The van der Waals surface area contributed by atoms with E-state index in [1.807, 2.05) is 0 Å². The van der Waals surface area contributed by atoms with E-state index in [-0.39, 0.29) is 24.2 Å². The van der Waals surface area contributed by atoms with Gasteiger partial charge in [0.25, 0.3) is 5.91 Å². The first-order valence-electron chi connectivity index (χ1n) is 6.34. The number of carbonyl (C=O) groups excluding carboxylic acids is 2. The largest absolute Gasteiger partial charge is 0.369 e. The van der Waals surface area contributed by atoms with E-state index in [0.29, 0.717) is 0 Å². The predicted molar refractivity (Wildman–Crippen MR) is 77.6 cm³/mol. The summed E-state index contributed by atoms with van der Waals surface area (Å²) < 4.78 is 13.2. The van der Waals surface area contributed by atoms with Gasteiger partial charge in [0.05, 0.1) is 17.5 Å². The Kier molecular flexibility index (Phi) is 5.44. The van der Waals surface area contributed by atoms with Gasteiger partial charge in [-0.2, -0.15) is 0 Å². The van der Waals surface area contributed by atoms with Crippen LogP contribution in [-0.4, -0.2) is 24.9 Å². The quantitative estimate of drug-likeness (QED) is 0.699. The second-order valence-electron chi connectivity index (χ2n) is 5.13. The maximum Gasteiger partial charge on any atom is 0.252 e. The lowest BCUT2D eigenvalue weighted by Crippen LogP contribution is -2.42. The highest BCUT2D eigenvalue weighted by molar-refractivity contribution is 5.97. The van der Waals surface area contributed by atoms with E-state index in [0.717, 1.165) is 6.07 Å².